The normalized spacial score (nSPS) is 19.7. The van der Waals surface area contributed by atoms with Crippen LogP contribution < -0.4 is 0 Å². The van der Waals surface area contributed by atoms with Crippen molar-refractivity contribution in [1.82, 2.24) is 4.90 Å². The highest BCUT2D eigenvalue weighted by Gasteiger charge is 2.69. The Bertz CT molecular complexity index is 1670. The number of ether oxygens (including phenoxy) is 10. The molecule has 4 rings (SSSR count). The van der Waals surface area contributed by atoms with E-state index in [4.69, 9.17) is 47.4 Å². The summed E-state index contributed by atoms with van der Waals surface area (Å²) in [6.45, 7) is 24.5. The first-order valence-corrected chi connectivity index (χ1v) is 41.3. The van der Waals surface area contributed by atoms with E-state index in [9.17, 15) is 19.2 Å². The number of hydrogen-bond acceptors (Lipinski definition) is 15. The lowest BCUT2D eigenvalue weighted by atomic mass is 9.36. The van der Waals surface area contributed by atoms with Gasteiger partial charge in [0.05, 0.1) is 45.7 Å². The molecule has 0 heterocycles. The van der Waals surface area contributed by atoms with Crippen molar-refractivity contribution < 1.29 is 66.5 Å². The summed E-state index contributed by atoms with van der Waals surface area (Å²) in [6.07, 6.45) is 46.8. The van der Waals surface area contributed by atoms with Gasteiger partial charge >= 0.3 is 23.9 Å². The van der Waals surface area contributed by atoms with E-state index in [0.717, 1.165) is 96.7 Å². The Balaban J connectivity index is 1.94. The molecule has 4 aliphatic carbocycles. The lowest BCUT2D eigenvalue weighted by Gasteiger charge is -2.69. The molecule has 15 heteroatoms. The monoisotopic (exact) mass is 1380 g/mol. The minimum atomic E-state index is -0.569. The maximum atomic E-state index is 14.3. The molecule has 0 aromatic carbocycles. The SMILES string of the molecule is CCCCCCCCOC(CCC(=O)OCC12CC3(COC(=O)CCCN(CC)CC)CC(COC(=O)CCC(OCCCCCCCC)OCCCCCCCC)(C1)CC(COC(=O)CCC(OCCCCCCCC)OCCCCCCCC)(C3)C2)OCCCCCCCC. The van der Waals surface area contributed by atoms with E-state index in [0.29, 0.717) is 110 Å². The molecule has 0 spiro atoms. The minimum Gasteiger partial charge on any atom is -0.465 e. The zero-order chi connectivity index (χ0) is 70.2. The van der Waals surface area contributed by atoms with Gasteiger partial charge in [0.1, 0.15) is 0 Å². The highest BCUT2D eigenvalue weighted by molar-refractivity contribution is 5.70. The largest absolute Gasteiger partial charge is 0.465 e. The van der Waals surface area contributed by atoms with Gasteiger partial charge in [-0.3, -0.25) is 19.2 Å². The molecule has 0 aliphatic heterocycles. The van der Waals surface area contributed by atoms with E-state index in [1.54, 1.807) is 0 Å². The Labute approximate surface area is 595 Å². The van der Waals surface area contributed by atoms with Gasteiger partial charge < -0.3 is 52.3 Å². The maximum Gasteiger partial charge on any atom is 0.305 e. The van der Waals surface area contributed by atoms with E-state index in [-0.39, 0.29) is 69.6 Å². The van der Waals surface area contributed by atoms with Crippen LogP contribution in [0, 0.1) is 21.7 Å². The average Bonchev–Trinajstić information content (AvgIpc) is 0.689. The van der Waals surface area contributed by atoms with Crippen LogP contribution >= 0.6 is 0 Å². The second-order valence-corrected chi connectivity index (χ2v) is 30.6. The average molecular weight is 1380 g/mol. The summed E-state index contributed by atoms with van der Waals surface area (Å²) in [5.74, 6) is -1.14. The zero-order valence-corrected chi connectivity index (χ0v) is 64.4. The molecule has 570 valence electrons. The summed E-state index contributed by atoms with van der Waals surface area (Å²) in [6, 6.07) is 0. The van der Waals surface area contributed by atoms with Crippen molar-refractivity contribution in [3.8, 4) is 0 Å². The number of nitrogens with zero attached hydrogens (tertiary/aromatic N) is 1. The van der Waals surface area contributed by atoms with Crippen LogP contribution in [0.1, 0.15) is 376 Å². The summed E-state index contributed by atoms with van der Waals surface area (Å²) < 4.78 is 64.1. The molecule has 4 saturated carbocycles. The fourth-order valence-electron chi connectivity index (χ4n) is 16.3. The van der Waals surface area contributed by atoms with Crippen LogP contribution in [0.15, 0.2) is 0 Å². The Morgan fingerprint density at radius 1 is 0.268 bits per heavy atom. The first-order valence-electron chi connectivity index (χ1n) is 41.3. The van der Waals surface area contributed by atoms with Crippen molar-refractivity contribution in [3.05, 3.63) is 0 Å². The molecule has 0 unspecified atom stereocenters. The van der Waals surface area contributed by atoms with Gasteiger partial charge in [-0.25, -0.2) is 0 Å². The molecule has 0 radical (unpaired) electrons. The molecular formula is C82H153NO14. The molecule has 4 aliphatic rings. The molecule has 0 atom stereocenters. The van der Waals surface area contributed by atoms with Crippen LogP contribution in [0.5, 0.6) is 0 Å². The van der Waals surface area contributed by atoms with Gasteiger partial charge in [0.15, 0.2) is 18.9 Å². The molecule has 0 saturated heterocycles. The minimum absolute atomic E-state index is 0.147. The predicted octanol–water partition coefficient (Wildman–Crippen LogP) is 21.2. The van der Waals surface area contributed by atoms with Crippen molar-refractivity contribution in [2.24, 2.45) is 21.7 Å². The summed E-state index contributed by atoms with van der Waals surface area (Å²) in [4.78, 5) is 59.0. The molecule has 15 nitrogen and oxygen atoms in total. The Kier molecular flexibility index (Phi) is 52.2. The summed E-state index contributed by atoms with van der Waals surface area (Å²) >= 11 is 0. The van der Waals surface area contributed by atoms with E-state index in [2.05, 4.69) is 60.3 Å². The van der Waals surface area contributed by atoms with Gasteiger partial charge in [0, 0.05) is 87.0 Å². The molecule has 0 aromatic heterocycles. The number of unbranched alkanes of at least 4 members (excludes halogenated alkanes) is 30. The quantitative estimate of drug-likeness (QED) is 0.0244. The fourth-order valence-corrected chi connectivity index (χ4v) is 16.3. The lowest BCUT2D eigenvalue weighted by Crippen LogP contribution is -2.65. The summed E-state index contributed by atoms with van der Waals surface area (Å²) in [5, 5.41) is 0. The zero-order valence-electron chi connectivity index (χ0n) is 64.4. The first kappa shape index (κ1) is 88.8. The molecule has 4 bridgehead atoms. The van der Waals surface area contributed by atoms with E-state index in [1.807, 2.05) is 0 Å². The second-order valence-electron chi connectivity index (χ2n) is 30.6. The second kappa shape index (κ2) is 57.1. The fraction of sp³-hybridized carbons (Fsp3) is 0.951. The standard InChI is InChI=1S/C82H153NO14/c1-9-17-23-29-35-41-56-88-76(89-57-42-36-30-24-18-10-2)52-49-73(85)95-69-80-62-79(68-94-72(84)48-47-55-83(15-7)16-8)63-81(65-80,70-96-74(86)50-53-77(90-58-43-37-31-25-19-11-3)91-59-44-38-32-26-20-12-4)67-82(64-79,66-80)71-97-75(87)51-54-78(92-60-45-39-33-27-21-13-5)93-61-46-40-34-28-22-14-6/h76-78H,9-71H2,1-8H3. The van der Waals surface area contributed by atoms with Crippen LogP contribution in [-0.2, 0) is 66.5 Å². The molecule has 97 heavy (non-hydrogen) atoms. The number of carbonyl (C=O) groups is 4. The number of carbonyl (C=O) groups excluding carboxylic acids is 4. The summed E-state index contributed by atoms with van der Waals surface area (Å²) in [5.41, 5.74) is -2.26. The maximum absolute atomic E-state index is 14.3. The van der Waals surface area contributed by atoms with Gasteiger partial charge in [-0.1, -0.05) is 248 Å². The smallest absolute Gasteiger partial charge is 0.305 e. The van der Waals surface area contributed by atoms with E-state index < -0.39 is 40.5 Å². The lowest BCUT2D eigenvalue weighted by molar-refractivity contribution is -0.249. The van der Waals surface area contributed by atoms with Crippen LogP contribution in [0.2, 0.25) is 0 Å². The molecule has 0 amide bonds. The summed E-state index contributed by atoms with van der Waals surface area (Å²) in [7, 11) is 0. The van der Waals surface area contributed by atoms with Gasteiger partial charge in [-0.05, 0) is 103 Å². The van der Waals surface area contributed by atoms with Crippen molar-refractivity contribution in [1.29, 1.82) is 0 Å². The number of rotatable bonds is 71. The Morgan fingerprint density at radius 3 is 0.670 bits per heavy atom. The van der Waals surface area contributed by atoms with Gasteiger partial charge in [-0.2, -0.15) is 0 Å². The Morgan fingerprint density at radius 2 is 0.464 bits per heavy atom. The molecule has 0 aromatic rings. The third-order valence-electron chi connectivity index (χ3n) is 21.0. The van der Waals surface area contributed by atoms with Gasteiger partial charge in [0.2, 0.25) is 0 Å². The topological polar surface area (TPSA) is 164 Å². The predicted molar refractivity (Wildman–Crippen MR) is 393 cm³/mol. The highest BCUT2D eigenvalue weighted by Crippen LogP contribution is 2.74. The van der Waals surface area contributed by atoms with Crippen molar-refractivity contribution in [2.75, 3.05) is 85.7 Å². The molecule has 0 N–H and O–H groups in total. The van der Waals surface area contributed by atoms with Gasteiger partial charge in [-0.15, -0.1) is 0 Å². The molecule has 4 fully saturated rings. The number of hydrogen-bond donors (Lipinski definition) is 0. The number of esters is 4. The van der Waals surface area contributed by atoms with Crippen molar-refractivity contribution in [3.63, 3.8) is 0 Å². The van der Waals surface area contributed by atoms with Gasteiger partial charge in [0.25, 0.3) is 0 Å². The van der Waals surface area contributed by atoms with Crippen molar-refractivity contribution in [2.45, 2.75) is 395 Å². The first-order chi connectivity index (χ1) is 47.3. The third-order valence-corrected chi connectivity index (χ3v) is 21.0. The van der Waals surface area contributed by atoms with Crippen LogP contribution in [0.25, 0.3) is 0 Å². The van der Waals surface area contributed by atoms with E-state index in [1.165, 1.54) is 154 Å². The van der Waals surface area contributed by atoms with Crippen molar-refractivity contribution >= 4 is 23.9 Å². The van der Waals surface area contributed by atoms with Crippen LogP contribution in [-0.4, -0.2) is 133 Å². The van der Waals surface area contributed by atoms with Crippen LogP contribution in [0.4, 0.5) is 0 Å². The third kappa shape index (κ3) is 42.1. The molecular weight excluding hydrogens is 1220 g/mol. The van der Waals surface area contributed by atoms with E-state index >= 15 is 0 Å². The Hall–Kier alpha value is -2.40. The highest BCUT2D eigenvalue weighted by atomic mass is 16.7. The van der Waals surface area contributed by atoms with Crippen LogP contribution in [0.3, 0.4) is 0 Å².